The Morgan fingerprint density at radius 2 is 1.88 bits per heavy atom. The first kappa shape index (κ1) is 21.6. The standard InChI is InChI=1S/C22H21N5O4S/c23-22(29)19-10-18-20(12-26(19)21(28)13-32-17-4-2-1-3-5-17)25(14-24-18)11-15-6-8-16(9-7-15)27(30)31/h1-9,14,19H,10-13H2,(H2,23,29). The summed E-state index contributed by atoms with van der Waals surface area (Å²) < 4.78 is 1.90. The molecular formula is C22H21N5O4S. The van der Waals surface area contributed by atoms with Crippen LogP contribution in [0.15, 0.2) is 65.8 Å². The van der Waals surface area contributed by atoms with Gasteiger partial charge in [0.05, 0.1) is 34.9 Å². The van der Waals surface area contributed by atoms with E-state index in [9.17, 15) is 19.7 Å². The minimum absolute atomic E-state index is 0.0263. The van der Waals surface area contributed by atoms with Crippen LogP contribution in [0, 0.1) is 10.1 Å². The number of thioether (sulfide) groups is 1. The molecule has 164 valence electrons. The smallest absolute Gasteiger partial charge is 0.269 e. The van der Waals surface area contributed by atoms with Gasteiger partial charge in [0, 0.05) is 30.0 Å². The highest BCUT2D eigenvalue weighted by Crippen LogP contribution is 2.26. The first-order valence-corrected chi connectivity index (χ1v) is 10.9. The average Bonchev–Trinajstić information content (AvgIpc) is 3.19. The number of nitro groups is 1. The van der Waals surface area contributed by atoms with Gasteiger partial charge in [0.25, 0.3) is 5.69 Å². The maximum Gasteiger partial charge on any atom is 0.269 e. The largest absolute Gasteiger partial charge is 0.368 e. The Balaban J connectivity index is 1.52. The lowest BCUT2D eigenvalue weighted by Gasteiger charge is -2.34. The summed E-state index contributed by atoms with van der Waals surface area (Å²) in [6, 6.07) is 15.1. The number of carbonyl (C=O) groups excluding carboxylic acids is 2. The number of aromatic nitrogens is 2. The number of amides is 2. The number of hydrogen-bond acceptors (Lipinski definition) is 6. The molecule has 10 heteroatoms. The number of fused-ring (bicyclic) bond motifs is 1. The van der Waals surface area contributed by atoms with Crippen LogP contribution in [0.1, 0.15) is 17.0 Å². The van der Waals surface area contributed by atoms with Crippen molar-refractivity contribution in [1.29, 1.82) is 0 Å². The zero-order valence-electron chi connectivity index (χ0n) is 17.1. The van der Waals surface area contributed by atoms with E-state index in [0.717, 1.165) is 21.8 Å². The second kappa shape index (κ2) is 9.23. The number of imidazole rings is 1. The van der Waals surface area contributed by atoms with Crippen LogP contribution in [0.3, 0.4) is 0 Å². The van der Waals surface area contributed by atoms with Crippen molar-refractivity contribution in [3.8, 4) is 0 Å². The van der Waals surface area contributed by atoms with Gasteiger partial charge < -0.3 is 15.2 Å². The molecule has 0 spiro atoms. The van der Waals surface area contributed by atoms with Gasteiger partial charge in [-0.05, 0) is 17.7 Å². The van der Waals surface area contributed by atoms with Crippen LogP contribution < -0.4 is 5.73 Å². The third-order valence-electron chi connectivity index (χ3n) is 5.37. The average molecular weight is 452 g/mol. The van der Waals surface area contributed by atoms with Crippen molar-refractivity contribution in [2.45, 2.75) is 30.4 Å². The molecule has 2 heterocycles. The van der Waals surface area contributed by atoms with Gasteiger partial charge in [0.2, 0.25) is 11.8 Å². The van der Waals surface area contributed by atoms with Crippen LogP contribution in [0.2, 0.25) is 0 Å². The quantitative estimate of drug-likeness (QED) is 0.334. The molecule has 0 saturated carbocycles. The van der Waals surface area contributed by atoms with Crippen LogP contribution in [-0.4, -0.2) is 43.0 Å². The fourth-order valence-electron chi connectivity index (χ4n) is 3.68. The Labute approximate surface area is 188 Å². The second-order valence-electron chi connectivity index (χ2n) is 7.44. The van der Waals surface area contributed by atoms with E-state index in [1.54, 1.807) is 18.5 Å². The summed E-state index contributed by atoms with van der Waals surface area (Å²) >= 11 is 1.41. The third-order valence-corrected chi connectivity index (χ3v) is 6.37. The number of nitrogens with two attached hydrogens (primary N) is 1. The Bertz CT molecular complexity index is 1150. The van der Waals surface area contributed by atoms with E-state index in [2.05, 4.69) is 4.98 Å². The zero-order valence-corrected chi connectivity index (χ0v) is 17.9. The fourth-order valence-corrected chi connectivity index (χ4v) is 4.49. The van der Waals surface area contributed by atoms with Gasteiger partial charge in [0.1, 0.15) is 6.04 Å². The summed E-state index contributed by atoms with van der Waals surface area (Å²) in [4.78, 5) is 42.4. The summed E-state index contributed by atoms with van der Waals surface area (Å²) in [6.45, 7) is 0.673. The molecule has 1 aliphatic heterocycles. The van der Waals surface area contributed by atoms with Gasteiger partial charge in [-0.25, -0.2) is 4.98 Å². The van der Waals surface area contributed by atoms with E-state index in [-0.39, 0.29) is 30.3 Å². The molecule has 2 aromatic carbocycles. The van der Waals surface area contributed by atoms with Crippen LogP contribution in [0.4, 0.5) is 5.69 Å². The maximum atomic E-state index is 13.0. The van der Waals surface area contributed by atoms with E-state index >= 15 is 0 Å². The number of nitro benzene ring substituents is 1. The third kappa shape index (κ3) is 4.65. The molecule has 0 saturated heterocycles. The molecule has 0 bridgehead atoms. The molecule has 0 radical (unpaired) electrons. The monoisotopic (exact) mass is 451 g/mol. The summed E-state index contributed by atoms with van der Waals surface area (Å²) in [5, 5.41) is 10.9. The topological polar surface area (TPSA) is 124 Å². The van der Waals surface area contributed by atoms with E-state index < -0.39 is 16.9 Å². The zero-order chi connectivity index (χ0) is 22.7. The van der Waals surface area contributed by atoms with Crippen LogP contribution >= 0.6 is 11.8 Å². The lowest BCUT2D eigenvalue weighted by Crippen LogP contribution is -2.52. The Morgan fingerprint density at radius 3 is 2.53 bits per heavy atom. The van der Waals surface area contributed by atoms with Crippen molar-refractivity contribution in [1.82, 2.24) is 14.5 Å². The normalized spacial score (nSPS) is 15.2. The molecule has 4 rings (SSSR count). The molecule has 1 unspecified atom stereocenters. The minimum atomic E-state index is -0.742. The summed E-state index contributed by atoms with van der Waals surface area (Å²) in [6.07, 6.45) is 1.93. The van der Waals surface area contributed by atoms with Crippen LogP contribution in [-0.2, 0) is 29.1 Å². The predicted octanol–water partition coefficient (Wildman–Crippen LogP) is 2.37. The van der Waals surface area contributed by atoms with Gasteiger partial charge in [-0.3, -0.25) is 19.7 Å². The highest BCUT2D eigenvalue weighted by molar-refractivity contribution is 8.00. The molecule has 3 aromatic rings. The maximum absolute atomic E-state index is 13.0. The Kier molecular flexibility index (Phi) is 6.22. The molecule has 0 fully saturated rings. The number of rotatable bonds is 7. The predicted molar refractivity (Wildman–Crippen MR) is 119 cm³/mol. The number of primary amides is 1. The highest BCUT2D eigenvalue weighted by Gasteiger charge is 2.35. The van der Waals surface area contributed by atoms with Crippen molar-refractivity contribution < 1.29 is 14.5 Å². The summed E-state index contributed by atoms with van der Waals surface area (Å²) in [7, 11) is 0. The molecule has 0 aliphatic carbocycles. The number of nitrogens with zero attached hydrogens (tertiary/aromatic N) is 4. The first-order chi connectivity index (χ1) is 15.4. The van der Waals surface area contributed by atoms with Gasteiger partial charge >= 0.3 is 0 Å². The number of benzene rings is 2. The number of carbonyl (C=O) groups is 2. The van der Waals surface area contributed by atoms with Gasteiger partial charge in [-0.2, -0.15) is 0 Å². The van der Waals surface area contributed by atoms with Gasteiger partial charge in [-0.15, -0.1) is 11.8 Å². The Hall–Kier alpha value is -3.66. The highest BCUT2D eigenvalue weighted by atomic mass is 32.2. The molecule has 1 aromatic heterocycles. The van der Waals surface area contributed by atoms with E-state index in [1.807, 2.05) is 34.9 Å². The molecular weight excluding hydrogens is 430 g/mol. The van der Waals surface area contributed by atoms with Crippen LogP contribution in [0.5, 0.6) is 0 Å². The number of hydrogen-bond donors (Lipinski definition) is 1. The van der Waals surface area contributed by atoms with E-state index in [0.29, 0.717) is 6.54 Å². The second-order valence-corrected chi connectivity index (χ2v) is 8.48. The lowest BCUT2D eigenvalue weighted by atomic mass is 10.0. The minimum Gasteiger partial charge on any atom is -0.368 e. The van der Waals surface area contributed by atoms with E-state index in [1.165, 1.54) is 28.8 Å². The number of non-ortho nitro benzene ring substituents is 1. The van der Waals surface area contributed by atoms with Crippen molar-refractivity contribution in [3.05, 3.63) is 88.0 Å². The van der Waals surface area contributed by atoms with Gasteiger partial charge in [0.15, 0.2) is 0 Å². The molecule has 2 amide bonds. The SMILES string of the molecule is NC(=O)C1Cc2ncn(Cc3ccc([N+](=O)[O-])cc3)c2CN1C(=O)CSc1ccccc1. The van der Waals surface area contributed by atoms with Crippen molar-refractivity contribution >= 4 is 29.3 Å². The molecule has 1 atom stereocenters. The lowest BCUT2D eigenvalue weighted by molar-refractivity contribution is -0.384. The summed E-state index contributed by atoms with van der Waals surface area (Å²) in [5.74, 6) is -0.533. The molecule has 2 N–H and O–H groups in total. The molecule has 9 nitrogen and oxygen atoms in total. The van der Waals surface area contributed by atoms with E-state index in [4.69, 9.17) is 5.73 Å². The first-order valence-electron chi connectivity index (χ1n) is 9.95. The Morgan fingerprint density at radius 1 is 1.16 bits per heavy atom. The van der Waals surface area contributed by atoms with Crippen molar-refractivity contribution in [2.24, 2.45) is 5.73 Å². The van der Waals surface area contributed by atoms with Crippen molar-refractivity contribution in [3.63, 3.8) is 0 Å². The summed E-state index contributed by atoms with van der Waals surface area (Å²) in [5.41, 5.74) is 8.06. The van der Waals surface area contributed by atoms with Crippen molar-refractivity contribution in [2.75, 3.05) is 5.75 Å². The van der Waals surface area contributed by atoms with Crippen LogP contribution in [0.25, 0.3) is 0 Å². The molecule has 1 aliphatic rings. The van der Waals surface area contributed by atoms with Gasteiger partial charge in [-0.1, -0.05) is 30.3 Å². The molecule has 32 heavy (non-hydrogen) atoms. The fraction of sp³-hybridized carbons (Fsp3) is 0.227.